The second kappa shape index (κ2) is 19.2. The summed E-state index contributed by atoms with van der Waals surface area (Å²) in [6.07, 6.45) is -0.753. The number of benzene rings is 2. The number of likely N-dealkylation sites (N-methyl/N-ethyl adjacent to an activating group) is 1. The fraction of sp³-hybridized carbons (Fsp3) is 0.459. The Hall–Kier alpha value is -6.00. The first-order valence-corrected chi connectivity index (χ1v) is 17.5. The molecule has 0 aliphatic carbocycles. The summed E-state index contributed by atoms with van der Waals surface area (Å²) in [5, 5.41) is 14.3. The zero-order chi connectivity index (χ0) is 39.4. The molecule has 5 atom stereocenters. The number of likely N-dealkylation sites (tertiary alicyclic amines) is 2. The van der Waals surface area contributed by atoms with Gasteiger partial charge in [-0.25, -0.2) is 19.2 Å². The Kier molecular flexibility index (Phi) is 14.5. The highest BCUT2D eigenvalue weighted by atomic mass is 16.6. The van der Waals surface area contributed by atoms with Gasteiger partial charge in [0, 0.05) is 25.7 Å². The van der Waals surface area contributed by atoms with Gasteiger partial charge < -0.3 is 39.8 Å². The molecule has 5 amide bonds. The largest absolute Gasteiger partial charge is 0.465 e. The Balaban J connectivity index is 1.34. The lowest BCUT2D eigenvalue weighted by Crippen LogP contribution is -2.56. The van der Waals surface area contributed by atoms with E-state index < -0.39 is 91.1 Å². The van der Waals surface area contributed by atoms with Crippen molar-refractivity contribution in [2.24, 2.45) is 0 Å². The van der Waals surface area contributed by atoms with Gasteiger partial charge in [-0.3, -0.25) is 24.1 Å². The van der Waals surface area contributed by atoms with Gasteiger partial charge in [0.25, 0.3) is 0 Å². The Morgan fingerprint density at radius 1 is 0.815 bits per heavy atom. The van der Waals surface area contributed by atoms with E-state index in [4.69, 9.17) is 14.2 Å². The fourth-order valence-corrected chi connectivity index (χ4v) is 6.06. The molecule has 2 fully saturated rings. The Bertz CT molecular complexity index is 1690. The van der Waals surface area contributed by atoms with E-state index in [2.05, 4.69) is 10.6 Å². The number of rotatable bonds is 15. The molecule has 290 valence electrons. The molecule has 0 bridgehead atoms. The molecular weight excluding hydrogens is 706 g/mol. The second-order valence-electron chi connectivity index (χ2n) is 13.0. The van der Waals surface area contributed by atoms with Gasteiger partial charge in [0.1, 0.15) is 37.4 Å². The third-order valence-electron chi connectivity index (χ3n) is 9.25. The highest BCUT2D eigenvalue weighted by Crippen LogP contribution is 2.22. The van der Waals surface area contributed by atoms with Crippen LogP contribution in [-0.2, 0) is 44.8 Å². The number of alkyl carbamates (subject to hydrolysis) is 1. The van der Waals surface area contributed by atoms with Crippen LogP contribution in [0.5, 0.6) is 0 Å². The summed E-state index contributed by atoms with van der Waals surface area (Å²) in [5.41, 5.74) is 0.972. The van der Waals surface area contributed by atoms with Crippen LogP contribution in [0.4, 0.5) is 9.59 Å². The molecule has 54 heavy (non-hydrogen) atoms. The molecule has 2 aromatic rings. The van der Waals surface area contributed by atoms with Crippen LogP contribution in [0.3, 0.4) is 0 Å². The first kappa shape index (κ1) is 40.8. The minimum absolute atomic E-state index is 0.121. The average Bonchev–Trinajstić information content (AvgIpc) is 3.88. The van der Waals surface area contributed by atoms with Gasteiger partial charge in [0.2, 0.25) is 17.7 Å². The van der Waals surface area contributed by atoms with Gasteiger partial charge in [0.05, 0.1) is 0 Å². The summed E-state index contributed by atoms with van der Waals surface area (Å²) in [7, 11) is 1.38. The van der Waals surface area contributed by atoms with E-state index in [1.165, 1.54) is 25.8 Å². The maximum Gasteiger partial charge on any atom is 0.408 e. The first-order chi connectivity index (χ1) is 25.8. The highest BCUT2D eigenvalue weighted by molar-refractivity contribution is 5.98. The maximum atomic E-state index is 13.5. The van der Waals surface area contributed by atoms with Gasteiger partial charge in [-0.2, -0.15) is 0 Å². The lowest BCUT2D eigenvalue weighted by atomic mass is 10.1. The standard InChI is InChI=1S/C37H45N5O12/c1-23(38-31(44)24(2)40(3)33(46)28-16-10-19-42(28)37(50)51)32(45)41-18-11-17-29(41)35(48)52-21-27(39-36(49)54-20-25-12-6-4-7-13-25)34(47)53-22-30(43)26-14-8-5-9-15-26/h4-9,12-15,23-24,27-29H,10-11,16-22H2,1-3H3,(H,38,44)(H,39,49)(H,50,51)/t23-,24-,27-,28-,29-/m0/s1. The number of nitrogens with zero attached hydrogens (tertiary/aromatic N) is 3. The molecule has 3 N–H and O–H groups in total. The van der Waals surface area contributed by atoms with Crippen molar-refractivity contribution in [3.8, 4) is 0 Å². The summed E-state index contributed by atoms with van der Waals surface area (Å²) in [6.45, 7) is 1.77. The van der Waals surface area contributed by atoms with Crippen molar-refractivity contribution >= 4 is 47.6 Å². The van der Waals surface area contributed by atoms with Crippen LogP contribution in [0, 0.1) is 0 Å². The summed E-state index contributed by atoms with van der Waals surface area (Å²) < 4.78 is 15.8. The number of carbonyl (C=O) groups is 8. The minimum Gasteiger partial charge on any atom is -0.465 e. The topological polar surface area (TPSA) is 218 Å². The van der Waals surface area contributed by atoms with E-state index in [9.17, 15) is 43.5 Å². The van der Waals surface area contributed by atoms with E-state index in [1.54, 1.807) is 60.7 Å². The van der Waals surface area contributed by atoms with Gasteiger partial charge in [-0.05, 0) is 45.1 Å². The SMILES string of the molecule is C[C@H](NC(=O)[C@H](C)N(C)C(=O)[C@@H]1CCCN1C(=O)O)C(=O)N1CCC[C@H]1C(=O)OC[C@H](NC(=O)OCc1ccccc1)C(=O)OCC(=O)c1ccccc1. The molecule has 0 spiro atoms. The number of hydrogen-bond acceptors (Lipinski definition) is 11. The number of esters is 2. The van der Waals surface area contributed by atoms with Crippen molar-refractivity contribution in [3.63, 3.8) is 0 Å². The van der Waals surface area contributed by atoms with Crippen molar-refractivity contribution in [2.45, 2.75) is 76.3 Å². The number of amides is 5. The van der Waals surface area contributed by atoms with Crippen LogP contribution >= 0.6 is 0 Å². The van der Waals surface area contributed by atoms with Gasteiger partial charge in [0.15, 0.2) is 18.4 Å². The number of hydrogen-bond donors (Lipinski definition) is 3. The second-order valence-corrected chi connectivity index (χ2v) is 13.0. The predicted octanol–water partition coefficient (Wildman–Crippen LogP) is 1.74. The van der Waals surface area contributed by atoms with Gasteiger partial charge in [-0.15, -0.1) is 0 Å². The van der Waals surface area contributed by atoms with E-state index in [0.717, 1.165) is 9.80 Å². The molecule has 2 saturated heterocycles. The van der Waals surface area contributed by atoms with Crippen molar-refractivity contribution < 1.29 is 57.7 Å². The van der Waals surface area contributed by atoms with Crippen LogP contribution in [0.25, 0.3) is 0 Å². The molecule has 2 heterocycles. The predicted molar refractivity (Wildman–Crippen MR) is 189 cm³/mol. The molecule has 17 nitrogen and oxygen atoms in total. The van der Waals surface area contributed by atoms with E-state index in [1.807, 2.05) is 0 Å². The normalized spacial score (nSPS) is 18.1. The van der Waals surface area contributed by atoms with Crippen molar-refractivity contribution in [2.75, 3.05) is 33.4 Å². The molecule has 4 rings (SSSR count). The molecule has 2 aliphatic heterocycles. The highest BCUT2D eigenvalue weighted by Gasteiger charge is 2.40. The monoisotopic (exact) mass is 751 g/mol. The number of Topliss-reactive ketones (excluding diaryl/α,β-unsaturated/α-hetero) is 1. The smallest absolute Gasteiger partial charge is 0.408 e. The summed E-state index contributed by atoms with van der Waals surface area (Å²) >= 11 is 0. The van der Waals surface area contributed by atoms with Gasteiger partial charge in [-0.1, -0.05) is 60.7 Å². The number of ketones is 1. The summed E-state index contributed by atoms with van der Waals surface area (Å²) in [4.78, 5) is 106. The quantitative estimate of drug-likeness (QED) is 0.135. The van der Waals surface area contributed by atoms with Crippen molar-refractivity contribution in [3.05, 3.63) is 71.8 Å². The third-order valence-corrected chi connectivity index (χ3v) is 9.25. The number of nitrogens with one attached hydrogen (secondary N) is 2. The molecular formula is C37H45N5O12. The molecule has 0 saturated carbocycles. The fourth-order valence-electron chi connectivity index (χ4n) is 6.06. The Morgan fingerprint density at radius 2 is 1.43 bits per heavy atom. The van der Waals surface area contributed by atoms with Crippen LogP contribution in [0.15, 0.2) is 60.7 Å². The number of carbonyl (C=O) groups excluding carboxylic acids is 7. The van der Waals surface area contributed by atoms with Gasteiger partial charge >= 0.3 is 24.1 Å². The minimum atomic E-state index is -1.57. The molecule has 2 aliphatic rings. The third kappa shape index (κ3) is 10.8. The molecule has 2 aromatic carbocycles. The van der Waals surface area contributed by atoms with Crippen LogP contribution in [0.2, 0.25) is 0 Å². The lowest BCUT2D eigenvalue weighted by Gasteiger charge is -2.31. The molecule has 17 heteroatoms. The van der Waals surface area contributed by atoms with Crippen LogP contribution < -0.4 is 10.6 Å². The number of ether oxygens (including phenoxy) is 3. The maximum absolute atomic E-state index is 13.5. The van der Waals surface area contributed by atoms with Crippen LogP contribution in [0.1, 0.15) is 55.5 Å². The molecule has 0 radical (unpaired) electrons. The van der Waals surface area contributed by atoms with E-state index in [-0.39, 0.29) is 26.1 Å². The van der Waals surface area contributed by atoms with Crippen molar-refractivity contribution in [1.82, 2.24) is 25.3 Å². The summed E-state index contributed by atoms with van der Waals surface area (Å²) in [5.74, 6) is -4.25. The van der Waals surface area contributed by atoms with Crippen LogP contribution in [-0.4, -0.2) is 131 Å². The molecule has 0 aromatic heterocycles. The van der Waals surface area contributed by atoms with E-state index >= 15 is 0 Å². The first-order valence-electron chi connectivity index (χ1n) is 17.5. The van der Waals surface area contributed by atoms with E-state index in [0.29, 0.717) is 30.4 Å². The zero-order valence-electron chi connectivity index (χ0n) is 30.3. The summed E-state index contributed by atoms with van der Waals surface area (Å²) in [6, 6.07) is 11.1. The average molecular weight is 752 g/mol. The number of carboxylic acid groups (broad SMARTS) is 1. The lowest BCUT2D eigenvalue weighted by molar-refractivity contribution is -0.157. The zero-order valence-corrected chi connectivity index (χ0v) is 30.3. The Morgan fingerprint density at radius 3 is 2.07 bits per heavy atom. The van der Waals surface area contributed by atoms with Crippen molar-refractivity contribution in [1.29, 1.82) is 0 Å². The Labute approximate surface area is 311 Å². The molecule has 0 unspecified atom stereocenters.